The molecule has 0 unspecified atom stereocenters. The molecule has 0 atom stereocenters. The summed E-state index contributed by atoms with van der Waals surface area (Å²) in [6, 6.07) is 0. The van der Waals surface area contributed by atoms with Crippen molar-refractivity contribution in [2.24, 2.45) is 0 Å². The normalized spacial score (nSPS) is 9.12. The molecule has 0 saturated carbocycles. The Morgan fingerprint density at radius 2 is 2.62 bits per heavy atom. The van der Waals surface area contributed by atoms with Crippen LogP contribution in [0.15, 0.2) is 0 Å². The lowest BCUT2D eigenvalue weighted by molar-refractivity contribution is -0.115. The Balaban J connectivity index is 3.35. The number of hydrazine groups is 1. The van der Waals surface area contributed by atoms with Crippen molar-refractivity contribution in [1.82, 2.24) is 10.2 Å². The molecule has 0 aliphatic heterocycles. The molecule has 0 aromatic carbocycles. The molecule has 1 amide bonds. The summed E-state index contributed by atoms with van der Waals surface area (Å²) in [4.78, 5) is 9.94. The lowest BCUT2D eigenvalue weighted by Gasteiger charge is -2.08. The third-order valence-corrected chi connectivity index (χ3v) is 1.11. The summed E-state index contributed by atoms with van der Waals surface area (Å²) in [7, 11) is 0.679. The zero-order chi connectivity index (χ0) is 6.41. The highest BCUT2D eigenvalue weighted by Crippen LogP contribution is 1.92. The Kier molecular flexibility index (Phi) is 4.51. The van der Waals surface area contributed by atoms with Gasteiger partial charge in [0, 0.05) is 14.9 Å². The summed E-state index contributed by atoms with van der Waals surface area (Å²) < 4.78 is 1.36. The molecule has 0 spiro atoms. The van der Waals surface area contributed by atoms with Gasteiger partial charge in [0.2, 0.25) is 6.41 Å². The quantitative estimate of drug-likeness (QED) is 0.338. The lowest BCUT2D eigenvalue weighted by Crippen LogP contribution is -2.27. The largest absolute Gasteiger partial charge is 0.277 e. The first-order chi connectivity index (χ1) is 3.85. The zero-order valence-electron chi connectivity index (χ0n) is 4.79. The Hall–Kier alpha value is -0.400. The lowest BCUT2D eigenvalue weighted by atomic mass is 10.8. The number of carbonyl (C=O) groups is 1. The van der Waals surface area contributed by atoms with Crippen LogP contribution in [0.1, 0.15) is 6.92 Å². The van der Waals surface area contributed by atoms with Crippen LogP contribution in [-0.4, -0.2) is 24.0 Å². The van der Waals surface area contributed by atoms with Gasteiger partial charge in [0.1, 0.15) is 0 Å². The average Bonchev–Trinajstić information content (AvgIpc) is 1.83. The molecule has 3 nitrogen and oxygen atoms in total. The van der Waals surface area contributed by atoms with Gasteiger partial charge in [-0.25, -0.2) is 10.2 Å². The fourth-order valence-corrected chi connectivity index (χ4v) is 0.591. The maximum absolute atomic E-state index is 9.94. The van der Waals surface area contributed by atoms with Crippen molar-refractivity contribution in [2.45, 2.75) is 6.92 Å². The second-order valence-electron chi connectivity index (χ2n) is 1.10. The van der Waals surface area contributed by atoms with E-state index in [4.69, 9.17) is 0 Å². The van der Waals surface area contributed by atoms with E-state index in [0.717, 1.165) is 6.54 Å². The van der Waals surface area contributed by atoms with E-state index in [2.05, 4.69) is 11.7 Å². The van der Waals surface area contributed by atoms with Crippen LogP contribution >= 0.6 is 8.35 Å². The highest BCUT2D eigenvalue weighted by molar-refractivity contribution is 7.34. The number of nitrogens with zero attached hydrogens (tertiary/aromatic N) is 1. The topological polar surface area (TPSA) is 32.3 Å². The van der Waals surface area contributed by atoms with Crippen LogP contribution < -0.4 is 5.43 Å². The van der Waals surface area contributed by atoms with E-state index in [0.29, 0.717) is 14.8 Å². The standard InChI is InChI=1S/C4H9N2OP/c1-3-5-6(4-7)8-2/h4-5H,2-3H2,1H3. The maximum Gasteiger partial charge on any atom is 0.231 e. The molecule has 46 valence electrons. The first-order valence-electron chi connectivity index (χ1n) is 2.29. The van der Waals surface area contributed by atoms with Gasteiger partial charge in [0.05, 0.1) is 0 Å². The molecule has 0 aliphatic carbocycles. The number of hydrogen-bond acceptors (Lipinski definition) is 2. The average molecular weight is 132 g/mol. The van der Waals surface area contributed by atoms with Crippen molar-refractivity contribution < 1.29 is 4.79 Å². The molecule has 1 N–H and O–H groups in total. The van der Waals surface area contributed by atoms with Crippen LogP contribution in [-0.2, 0) is 4.79 Å². The van der Waals surface area contributed by atoms with E-state index in [1.165, 1.54) is 4.78 Å². The first-order valence-corrected chi connectivity index (χ1v) is 3.33. The van der Waals surface area contributed by atoms with Crippen molar-refractivity contribution in [3.05, 3.63) is 0 Å². The third kappa shape index (κ3) is 2.72. The van der Waals surface area contributed by atoms with Crippen molar-refractivity contribution in [3.8, 4) is 0 Å². The Morgan fingerprint density at radius 3 is 2.75 bits per heavy atom. The van der Waals surface area contributed by atoms with E-state index in [1.807, 2.05) is 6.92 Å². The van der Waals surface area contributed by atoms with E-state index in [9.17, 15) is 4.79 Å². The van der Waals surface area contributed by atoms with Gasteiger partial charge < -0.3 is 0 Å². The predicted molar refractivity (Wildman–Crippen MR) is 35.6 cm³/mol. The molecular formula is C4H9N2OP. The highest BCUT2D eigenvalue weighted by atomic mass is 31.1. The minimum atomic E-state index is 0.679. The van der Waals surface area contributed by atoms with Crippen molar-refractivity contribution >= 4 is 21.1 Å². The summed E-state index contributed by atoms with van der Waals surface area (Å²) in [6.45, 7) is 2.67. The first kappa shape index (κ1) is 7.60. The van der Waals surface area contributed by atoms with Gasteiger partial charge in [-0.05, 0) is 0 Å². The second kappa shape index (κ2) is 4.75. The Bertz CT molecular complexity index is 78.1. The minimum Gasteiger partial charge on any atom is -0.277 e. The number of hydrogen-bond donors (Lipinski definition) is 1. The second-order valence-corrected chi connectivity index (χ2v) is 1.82. The zero-order valence-corrected chi connectivity index (χ0v) is 5.69. The maximum atomic E-state index is 9.94. The molecule has 0 bridgehead atoms. The van der Waals surface area contributed by atoms with Crippen molar-refractivity contribution in [1.29, 1.82) is 0 Å². The molecule has 0 heterocycles. The number of rotatable bonds is 4. The van der Waals surface area contributed by atoms with Crippen LogP contribution in [0.2, 0.25) is 0 Å². The monoisotopic (exact) mass is 132 g/mol. The van der Waals surface area contributed by atoms with Gasteiger partial charge in [-0.1, -0.05) is 13.2 Å². The summed E-state index contributed by atoms with van der Waals surface area (Å²) in [5.41, 5.74) is 2.77. The summed E-state index contributed by atoms with van der Waals surface area (Å²) >= 11 is 0. The number of carbonyl (C=O) groups excluding carboxylic acids is 1. The van der Waals surface area contributed by atoms with Crippen LogP contribution in [0.3, 0.4) is 0 Å². The predicted octanol–water partition coefficient (Wildman–Crippen LogP) is 0.262. The number of amides is 1. The van der Waals surface area contributed by atoms with Gasteiger partial charge in [-0.15, -0.1) is 0 Å². The molecule has 4 heteroatoms. The van der Waals surface area contributed by atoms with Crippen LogP contribution in [0.4, 0.5) is 0 Å². The Morgan fingerprint density at radius 1 is 2.00 bits per heavy atom. The summed E-state index contributed by atoms with van der Waals surface area (Å²) in [6.07, 6.45) is 4.19. The van der Waals surface area contributed by atoms with E-state index in [1.54, 1.807) is 0 Å². The molecule has 0 fully saturated rings. The summed E-state index contributed by atoms with van der Waals surface area (Å²) in [5.74, 6) is 0. The molecule has 0 radical (unpaired) electrons. The van der Waals surface area contributed by atoms with Crippen molar-refractivity contribution in [2.75, 3.05) is 6.54 Å². The fourth-order valence-electron chi connectivity index (χ4n) is 0.283. The van der Waals surface area contributed by atoms with Crippen LogP contribution in [0.25, 0.3) is 0 Å². The van der Waals surface area contributed by atoms with Gasteiger partial charge in [-0.3, -0.25) is 4.79 Å². The van der Waals surface area contributed by atoms with E-state index >= 15 is 0 Å². The molecule has 8 heavy (non-hydrogen) atoms. The SMILES string of the molecule is C=PN(C=O)NCC. The van der Waals surface area contributed by atoms with Crippen molar-refractivity contribution in [3.63, 3.8) is 0 Å². The third-order valence-electron chi connectivity index (χ3n) is 0.572. The van der Waals surface area contributed by atoms with Gasteiger partial charge >= 0.3 is 0 Å². The molecule has 0 aromatic heterocycles. The fraction of sp³-hybridized carbons (Fsp3) is 0.500. The van der Waals surface area contributed by atoms with E-state index in [-0.39, 0.29) is 0 Å². The Labute approximate surface area is 50.5 Å². The van der Waals surface area contributed by atoms with Crippen LogP contribution in [0, 0.1) is 0 Å². The van der Waals surface area contributed by atoms with Gasteiger partial charge in [0.15, 0.2) is 0 Å². The smallest absolute Gasteiger partial charge is 0.231 e. The molecule has 0 rings (SSSR count). The molecule has 0 saturated heterocycles. The minimum absolute atomic E-state index is 0.679. The van der Waals surface area contributed by atoms with Crippen LogP contribution in [0.5, 0.6) is 0 Å². The van der Waals surface area contributed by atoms with E-state index < -0.39 is 0 Å². The van der Waals surface area contributed by atoms with Gasteiger partial charge in [0.25, 0.3) is 0 Å². The molecule has 0 aliphatic rings. The summed E-state index contributed by atoms with van der Waals surface area (Å²) in [5, 5.41) is 0. The molecular weight excluding hydrogens is 123 g/mol. The highest BCUT2D eigenvalue weighted by Gasteiger charge is 1.87. The van der Waals surface area contributed by atoms with Gasteiger partial charge in [-0.2, -0.15) is 0 Å². The molecule has 0 aromatic rings. The number of nitrogens with one attached hydrogen (secondary N) is 1.